The molecule has 0 bridgehead atoms. The zero-order valence-corrected chi connectivity index (χ0v) is 14.4. The minimum atomic E-state index is -0.608. The number of ether oxygens (including phenoxy) is 2. The van der Waals surface area contributed by atoms with E-state index in [0.717, 1.165) is 0 Å². The van der Waals surface area contributed by atoms with Gasteiger partial charge in [0, 0.05) is 11.1 Å². The molecule has 0 aromatic heterocycles. The average molecular weight is 372 g/mol. The summed E-state index contributed by atoms with van der Waals surface area (Å²) >= 11 is 0. The molecule has 0 saturated carbocycles. The number of benzene rings is 3. The summed E-state index contributed by atoms with van der Waals surface area (Å²) in [4.78, 5) is 45.3. The lowest BCUT2D eigenvalue weighted by Crippen LogP contribution is -2.11. The molecule has 6 nitrogen and oxygen atoms in total. The van der Waals surface area contributed by atoms with E-state index in [9.17, 15) is 19.2 Å². The zero-order chi connectivity index (χ0) is 19.9. The average Bonchev–Trinajstić information content (AvgIpc) is 2.75. The van der Waals surface area contributed by atoms with E-state index in [4.69, 9.17) is 9.47 Å². The molecule has 0 spiro atoms. The molecule has 0 N–H and O–H groups in total. The number of hydrogen-bond acceptors (Lipinski definition) is 6. The smallest absolute Gasteiger partial charge is 0.343 e. The van der Waals surface area contributed by atoms with Gasteiger partial charge >= 0.3 is 11.9 Å². The van der Waals surface area contributed by atoms with Gasteiger partial charge in [-0.3, -0.25) is 9.59 Å². The van der Waals surface area contributed by atoms with Gasteiger partial charge in [-0.15, -0.1) is 0 Å². The van der Waals surface area contributed by atoms with Gasteiger partial charge in [-0.1, -0.05) is 0 Å². The minimum Gasteiger partial charge on any atom is -0.423 e. The number of carbonyl (C=O) groups is 2. The summed E-state index contributed by atoms with van der Waals surface area (Å²) in [5, 5.41) is 0. The largest absolute Gasteiger partial charge is 0.423 e. The molecular formula is C22H12O6. The molecule has 28 heavy (non-hydrogen) atoms. The Balaban J connectivity index is 1.64. The summed E-state index contributed by atoms with van der Waals surface area (Å²) < 4.78 is 10.4. The van der Waals surface area contributed by atoms with Crippen molar-refractivity contribution < 1.29 is 28.7 Å². The van der Waals surface area contributed by atoms with Gasteiger partial charge in [-0.25, -0.2) is 9.59 Å². The number of rotatable bonds is 6. The van der Waals surface area contributed by atoms with E-state index in [0.29, 0.717) is 11.1 Å². The molecule has 136 valence electrons. The molecule has 3 rings (SSSR count). The highest BCUT2D eigenvalue weighted by Gasteiger charge is 2.12. The van der Waals surface area contributed by atoms with Crippen LogP contribution in [0.5, 0.6) is 11.5 Å². The molecule has 0 aliphatic carbocycles. The van der Waals surface area contributed by atoms with Crippen LogP contribution in [0.2, 0.25) is 0 Å². The first-order valence-electron chi connectivity index (χ1n) is 8.10. The van der Waals surface area contributed by atoms with E-state index in [1.807, 2.05) is 0 Å². The van der Waals surface area contributed by atoms with Crippen LogP contribution in [0.25, 0.3) is 0 Å². The number of hydrogen-bond donors (Lipinski definition) is 0. The van der Waals surface area contributed by atoms with E-state index in [2.05, 4.69) is 0 Å². The molecule has 6 heteroatoms. The lowest BCUT2D eigenvalue weighted by atomic mass is 10.1. The highest BCUT2D eigenvalue weighted by atomic mass is 16.5. The van der Waals surface area contributed by atoms with Crippen molar-refractivity contribution in [1.29, 1.82) is 0 Å². The van der Waals surface area contributed by atoms with Gasteiger partial charge in [0.15, 0.2) is 0 Å². The van der Waals surface area contributed by atoms with Crippen LogP contribution in [0, 0.1) is 0 Å². The van der Waals surface area contributed by atoms with Crippen LogP contribution < -0.4 is 9.47 Å². The fourth-order valence-electron chi connectivity index (χ4n) is 2.26. The monoisotopic (exact) mass is 372 g/mol. The van der Waals surface area contributed by atoms with E-state index in [1.54, 1.807) is 12.6 Å². The minimum absolute atomic E-state index is 0.244. The first kappa shape index (κ1) is 18.7. The zero-order valence-electron chi connectivity index (χ0n) is 14.4. The van der Waals surface area contributed by atoms with E-state index in [1.165, 1.54) is 72.8 Å². The molecule has 0 aliphatic rings. The fourth-order valence-corrected chi connectivity index (χ4v) is 2.26. The molecule has 0 heterocycles. The van der Waals surface area contributed by atoms with Gasteiger partial charge in [0.1, 0.15) is 11.5 Å². The third kappa shape index (κ3) is 4.56. The molecular weight excluding hydrogens is 360 g/mol. The first-order valence-corrected chi connectivity index (χ1v) is 8.10. The van der Waals surface area contributed by atoms with Crippen LogP contribution in [-0.2, 0) is 9.59 Å². The van der Waals surface area contributed by atoms with Crippen molar-refractivity contribution in [2.24, 2.45) is 0 Å². The van der Waals surface area contributed by atoms with Crippen molar-refractivity contribution in [1.82, 2.24) is 0 Å². The lowest BCUT2D eigenvalue weighted by molar-refractivity contribution is 0.0720. The Morgan fingerprint density at radius 2 is 0.857 bits per heavy atom. The summed E-state index contributed by atoms with van der Waals surface area (Å²) in [5.74, 6) is -0.654. The third-order valence-corrected chi connectivity index (χ3v) is 3.72. The van der Waals surface area contributed by atoms with Gasteiger partial charge in [0.05, 0.1) is 11.1 Å². The SMILES string of the molecule is O=[C]c1ccc(OC(=O)c2ccc(C(=O)Oc3ccc([C]=O)cc3)cc2)cc1. The van der Waals surface area contributed by atoms with Crippen LogP contribution in [-0.4, -0.2) is 24.5 Å². The standard InChI is InChI=1S/C22H12O6/c23-13-15-1-9-19(10-2-15)27-21(25)17-5-7-18(8-6-17)22(26)28-20-11-3-16(14-24)4-12-20/h1-12H. The highest BCUT2D eigenvalue weighted by molar-refractivity contribution is 5.95. The summed E-state index contributed by atoms with van der Waals surface area (Å²) in [6.45, 7) is 0. The highest BCUT2D eigenvalue weighted by Crippen LogP contribution is 2.16. The van der Waals surface area contributed by atoms with Gasteiger partial charge in [0.2, 0.25) is 12.6 Å². The Labute approximate surface area is 160 Å². The quantitative estimate of drug-likeness (QED) is 0.488. The van der Waals surface area contributed by atoms with Gasteiger partial charge in [0.25, 0.3) is 0 Å². The number of esters is 2. The predicted octanol–water partition coefficient (Wildman–Crippen LogP) is 3.04. The van der Waals surface area contributed by atoms with Crippen molar-refractivity contribution in [3.63, 3.8) is 0 Å². The second-order valence-electron chi connectivity index (χ2n) is 5.61. The normalized spacial score (nSPS) is 10.0. The third-order valence-electron chi connectivity index (χ3n) is 3.72. The Morgan fingerprint density at radius 1 is 0.536 bits per heavy atom. The van der Waals surface area contributed by atoms with E-state index in [-0.39, 0.29) is 22.6 Å². The predicted molar refractivity (Wildman–Crippen MR) is 98.8 cm³/mol. The topological polar surface area (TPSA) is 86.7 Å². The van der Waals surface area contributed by atoms with E-state index >= 15 is 0 Å². The molecule has 0 atom stereocenters. The maximum atomic E-state index is 12.2. The molecule has 2 radical (unpaired) electrons. The first-order chi connectivity index (χ1) is 13.6. The van der Waals surface area contributed by atoms with Gasteiger partial charge in [-0.05, 0) is 72.8 Å². The summed E-state index contributed by atoms with van der Waals surface area (Å²) in [6.07, 6.45) is 3.46. The van der Waals surface area contributed by atoms with E-state index < -0.39 is 11.9 Å². The van der Waals surface area contributed by atoms with Crippen LogP contribution in [0.1, 0.15) is 31.8 Å². The Morgan fingerprint density at radius 3 is 1.14 bits per heavy atom. The Bertz CT molecular complexity index is 918. The summed E-state index contributed by atoms with van der Waals surface area (Å²) in [6, 6.07) is 17.6. The maximum Gasteiger partial charge on any atom is 0.343 e. The molecule has 0 fully saturated rings. The second-order valence-corrected chi connectivity index (χ2v) is 5.61. The Kier molecular flexibility index (Phi) is 5.72. The Hall–Kier alpha value is -4.06. The molecule has 3 aromatic carbocycles. The maximum absolute atomic E-state index is 12.2. The van der Waals surface area contributed by atoms with Crippen molar-refractivity contribution in [3.05, 3.63) is 95.1 Å². The van der Waals surface area contributed by atoms with Gasteiger partial charge < -0.3 is 9.47 Å². The van der Waals surface area contributed by atoms with Crippen molar-refractivity contribution in [2.75, 3.05) is 0 Å². The van der Waals surface area contributed by atoms with Crippen LogP contribution in [0.4, 0.5) is 0 Å². The van der Waals surface area contributed by atoms with Crippen molar-refractivity contribution >= 4 is 24.5 Å². The molecule has 0 aliphatic heterocycles. The molecule has 0 unspecified atom stereocenters. The molecule has 0 amide bonds. The lowest BCUT2D eigenvalue weighted by Gasteiger charge is -2.06. The summed E-state index contributed by atoms with van der Waals surface area (Å²) in [7, 11) is 0. The van der Waals surface area contributed by atoms with Crippen LogP contribution in [0.15, 0.2) is 72.8 Å². The fraction of sp³-hybridized carbons (Fsp3) is 0. The van der Waals surface area contributed by atoms with Crippen molar-refractivity contribution in [2.45, 2.75) is 0 Å². The van der Waals surface area contributed by atoms with Crippen molar-refractivity contribution in [3.8, 4) is 11.5 Å². The second kappa shape index (κ2) is 8.55. The summed E-state index contributed by atoms with van der Waals surface area (Å²) in [5.41, 5.74) is 1.19. The molecule has 0 saturated heterocycles. The number of carbonyl (C=O) groups excluding carboxylic acids is 4. The van der Waals surface area contributed by atoms with Gasteiger partial charge in [-0.2, -0.15) is 0 Å². The molecule has 3 aromatic rings. The van der Waals surface area contributed by atoms with Crippen LogP contribution >= 0.6 is 0 Å². The van der Waals surface area contributed by atoms with Crippen LogP contribution in [0.3, 0.4) is 0 Å².